The topological polar surface area (TPSA) is 86.5 Å². The number of carbonyl (C=O) groups excluding carboxylic acids is 1. The fourth-order valence-electron chi connectivity index (χ4n) is 1.27. The molecule has 6 heteroatoms. The average Bonchev–Trinajstić information content (AvgIpc) is 2.36. The molecule has 0 aromatic carbocycles. The van der Waals surface area contributed by atoms with E-state index in [9.17, 15) is 4.79 Å². The normalized spacial score (nSPS) is 10.1. The van der Waals surface area contributed by atoms with Crippen molar-refractivity contribution in [3.8, 4) is 5.75 Å². The van der Waals surface area contributed by atoms with Crippen LogP contribution in [0.2, 0.25) is 0 Å². The Morgan fingerprint density at radius 2 is 2.33 bits per heavy atom. The van der Waals surface area contributed by atoms with Gasteiger partial charge in [0, 0.05) is 12.7 Å². The van der Waals surface area contributed by atoms with Crippen LogP contribution in [0.1, 0.15) is 13.3 Å². The molecule has 0 aliphatic rings. The van der Waals surface area contributed by atoms with E-state index in [1.54, 1.807) is 6.20 Å². The highest BCUT2D eigenvalue weighted by atomic mass is 16.5. The maximum absolute atomic E-state index is 10.4. The maximum atomic E-state index is 10.4. The summed E-state index contributed by atoms with van der Waals surface area (Å²) in [6.07, 6.45) is 2.63. The second-order valence-corrected chi connectivity index (χ2v) is 3.64. The number of pyridine rings is 1. The van der Waals surface area contributed by atoms with Crippen molar-refractivity contribution in [2.45, 2.75) is 13.3 Å². The highest BCUT2D eigenvalue weighted by molar-refractivity contribution is 5.74. The first-order valence-corrected chi connectivity index (χ1v) is 5.91. The van der Waals surface area contributed by atoms with E-state index in [2.05, 4.69) is 10.3 Å². The van der Waals surface area contributed by atoms with Crippen molar-refractivity contribution >= 4 is 11.7 Å². The molecule has 1 aromatic rings. The third-order valence-electron chi connectivity index (χ3n) is 2.02. The quantitative estimate of drug-likeness (QED) is 0.635. The Balaban J connectivity index is 2.34. The van der Waals surface area contributed by atoms with Crippen molar-refractivity contribution in [2.24, 2.45) is 5.73 Å². The summed E-state index contributed by atoms with van der Waals surface area (Å²) in [5.41, 5.74) is 4.95. The maximum Gasteiger partial charge on any atom is 0.243 e. The first-order valence-electron chi connectivity index (χ1n) is 5.91. The SMILES string of the molecule is CCCOc1cccnc1NCCOCC(N)=O. The van der Waals surface area contributed by atoms with Gasteiger partial charge in [-0.25, -0.2) is 4.98 Å². The minimum atomic E-state index is -0.472. The molecule has 0 atom stereocenters. The van der Waals surface area contributed by atoms with Crippen LogP contribution in [-0.4, -0.2) is 37.3 Å². The predicted molar refractivity (Wildman–Crippen MR) is 68.5 cm³/mol. The molecule has 18 heavy (non-hydrogen) atoms. The molecule has 1 aromatic heterocycles. The Bertz CT molecular complexity index is 371. The molecule has 1 heterocycles. The first-order chi connectivity index (χ1) is 8.74. The van der Waals surface area contributed by atoms with Crippen molar-refractivity contribution < 1.29 is 14.3 Å². The van der Waals surface area contributed by atoms with Gasteiger partial charge >= 0.3 is 0 Å². The summed E-state index contributed by atoms with van der Waals surface area (Å²) in [5, 5.41) is 3.08. The van der Waals surface area contributed by atoms with Gasteiger partial charge in [-0.1, -0.05) is 6.92 Å². The number of carbonyl (C=O) groups is 1. The number of nitrogens with zero attached hydrogens (tertiary/aromatic N) is 1. The summed E-state index contributed by atoms with van der Waals surface area (Å²) in [4.78, 5) is 14.6. The molecule has 1 rings (SSSR count). The summed E-state index contributed by atoms with van der Waals surface area (Å²) in [5.74, 6) is 0.919. The molecule has 0 saturated heterocycles. The van der Waals surface area contributed by atoms with Crippen LogP contribution in [0.4, 0.5) is 5.82 Å². The van der Waals surface area contributed by atoms with Gasteiger partial charge in [0.2, 0.25) is 5.91 Å². The third kappa shape index (κ3) is 5.49. The summed E-state index contributed by atoms with van der Waals surface area (Å²) in [6, 6.07) is 3.68. The number of anilines is 1. The predicted octanol–water partition coefficient (Wildman–Crippen LogP) is 0.784. The van der Waals surface area contributed by atoms with Crippen LogP contribution in [0.25, 0.3) is 0 Å². The minimum absolute atomic E-state index is 0.0664. The van der Waals surface area contributed by atoms with Gasteiger partial charge in [0.05, 0.1) is 13.2 Å². The molecular weight excluding hydrogens is 234 g/mol. The van der Waals surface area contributed by atoms with Crippen LogP contribution in [-0.2, 0) is 9.53 Å². The number of nitrogens with two attached hydrogens (primary N) is 1. The lowest BCUT2D eigenvalue weighted by molar-refractivity contribution is -0.122. The standard InChI is InChI=1S/C12H19N3O3/c1-2-7-18-10-4-3-5-14-12(10)15-6-8-17-9-11(13)16/h3-5H,2,6-9H2,1H3,(H2,13,16)(H,14,15). The number of amides is 1. The molecule has 0 spiro atoms. The second kappa shape index (κ2) is 8.30. The van der Waals surface area contributed by atoms with Crippen molar-refractivity contribution in [3.05, 3.63) is 18.3 Å². The Labute approximate surface area is 106 Å². The van der Waals surface area contributed by atoms with E-state index >= 15 is 0 Å². The monoisotopic (exact) mass is 253 g/mol. The van der Waals surface area contributed by atoms with Gasteiger partial charge in [-0.2, -0.15) is 0 Å². The fraction of sp³-hybridized carbons (Fsp3) is 0.500. The molecular formula is C12H19N3O3. The summed E-state index contributed by atoms with van der Waals surface area (Å²) in [6.45, 7) is 3.54. The highest BCUT2D eigenvalue weighted by Crippen LogP contribution is 2.20. The number of rotatable bonds is 9. The summed E-state index contributed by atoms with van der Waals surface area (Å²) < 4.78 is 10.6. The molecule has 0 bridgehead atoms. The lowest BCUT2D eigenvalue weighted by atomic mass is 10.4. The van der Waals surface area contributed by atoms with Crippen LogP contribution in [0.15, 0.2) is 18.3 Å². The second-order valence-electron chi connectivity index (χ2n) is 3.64. The minimum Gasteiger partial charge on any atom is -0.490 e. The zero-order valence-corrected chi connectivity index (χ0v) is 10.5. The van der Waals surface area contributed by atoms with Gasteiger partial charge in [-0.3, -0.25) is 4.79 Å². The Morgan fingerprint density at radius 1 is 1.50 bits per heavy atom. The average molecular weight is 253 g/mol. The summed E-state index contributed by atoms with van der Waals surface area (Å²) in [7, 11) is 0. The lowest BCUT2D eigenvalue weighted by Gasteiger charge is -2.11. The molecule has 0 aliphatic carbocycles. The van der Waals surface area contributed by atoms with Crippen LogP contribution in [0.5, 0.6) is 5.75 Å². The van der Waals surface area contributed by atoms with E-state index in [1.165, 1.54) is 0 Å². The Hall–Kier alpha value is -1.82. The summed E-state index contributed by atoms with van der Waals surface area (Å²) >= 11 is 0. The Kier molecular flexibility index (Phi) is 6.56. The van der Waals surface area contributed by atoms with Crippen molar-refractivity contribution in [3.63, 3.8) is 0 Å². The van der Waals surface area contributed by atoms with Crippen LogP contribution in [0, 0.1) is 0 Å². The molecule has 1 amide bonds. The molecule has 6 nitrogen and oxygen atoms in total. The molecule has 100 valence electrons. The van der Waals surface area contributed by atoms with Gasteiger partial charge in [-0.05, 0) is 18.6 Å². The molecule has 0 aliphatic heterocycles. The highest BCUT2D eigenvalue weighted by Gasteiger charge is 2.03. The van der Waals surface area contributed by atoms with Gasteiger partial charge in [0.15, 0.2) is 11.6 Å². The molecule has 0 radical (unpaired) electrons. The number of aromatic nitrogens is 1. The zero-order chi connectivity index (χ0) is 13.2. The van der Waals surface area contributed by atoms with Crippen molar-refractivity contribution in [2.75, 3.05) is 31.7 Å². The first kappa shape index (κ1) is 14.2. The number of ether oxygens (including phenoxy) is 2. The molecule has 0 fully saturated rings. The van der Waals surface area contributed by atoms with Gasteiger partial charge in [0.25, 0.3) is 0 Å². The smallest absolute Gasteiger partial charge is 0.243 e. The van der Waals surface area contributed by atoms with E-state index in [0.29, 0.717) is 31.3 Å². The van der Waals surface area contributed by atoms with E-state index in [1.807, 2.05) is 19.1 Å². The van der Waals surface area contributed by atoms with E-state index in [0.717, 1.165) is 6.42 Å². The van der Waals surface area contributed by atoms with Crippen LogP contribution in [0.3, 0.4) is 0 Å². The zero-order valence-electron chi connectivity index (χ0n) is 10.5. The van der Waals surface area contributed by atoms with E-state index in [-0.39, 0.29) is 6.61 Å². The van der Waals surface area contributed by atoms with Crippen molar-refractivity contribution in [1.29, 1.82) is 0 Å². The number of nitrogens with one attached hydrogen (secondary N) is 1. The fourth-order valence-corrected chi connectivity index (χ4v) is 1.27. The van der Waals surface area contributed by atoms with Gasteiger partial charge < -0.3 is 20.5 Å². The third-order valence-corrected chi connectivity index (χ3v) is 2.02. The molecule has 0 unspecified atom stereocenters. The van der Waals surface area contributed by atoms with Crippen molar-refractivity contribution in [1.82, 2.24) is 4.98 Å². The van der Waals surface area contributed by atoms with Gasteiger partial charge in [-0.15, -0.1) is 0 Å². The molecule has 3 N–H and O–H groups in total. The van der Waals surface area contributed by atoms with Crippen LogP contribution >= 0.6 is 0 Å². The largest absolute Gasteiger partial charge is 0.490 e. The van der Waals surface area contributed by atoms with Crippen LogP contribution < -0.4 is 15.8 Å². The van der Waals surface area contributed by atoms with Gasteiger partial charge in [0.1, 0.15) is 6.61 Å². The number of primary amides is 1. The lowest BCUT2D eigenvalue weighted by Crippen LogP contribution is -2.20. The number of hydrogen-bond donors (Lipinski definition) is 2. The Morgan fingerprint density at radius 3 is 3.06 bits per heavy atom. The van der Waals surface area contributed by atoms with E-state index < -0.39 is 5.91 Å². The number of hydrogen-bond acceptors (Lipinski definition) is 5. The molecule has 0 saturated carbocycles. The van der Waals surface area contributed by atoms with E-state index in [4.69, 9.17) is 15.2 Å².